The van der Waals surface area contributed by atoms with E-state index in [1.165, 1.54) is 23.2 Å². The number of carbonyl (C=O) groups is 1. The van der Waals surface area contributed by atoms with Crippen molar-refractivity contribution < 1.29 is 9.18 Å². The Balaban J connectivity index is 1.46. The fourth-order valence-electron chi connectivity index (χ4n) is 3.43. The first-order chi connectivity index (χ1) is 10.7. The molecule has 2 fully saturated rings. The predicted molar refractivity (Wildman–Crippen MR) is 79.9 cm³/mol. The van der Waals surface area contributed by atoms with Gasteiger partial charge in [0.15, 0.2) is 0 Å². The zero-order valence-electron chi connectivity index (χ0n) is 12.0. The molecule has 3 atom stereocenters. The Labute approximate surface area is 127 Å². The number of fused-ring (bicyclic) bond motifs is 2. The van der Waals surface area contributed by atoms with E-state index in [9.17, 15) is 9.18 Å². The number of hydrogen-bond acceptors (Lipinski definition) is 3. The molecule has 1 amide bonds. The third kappa shape index (κ3) is 2.39. The molecule has 0 spiro atoms. The first kappa shape index (κ1) is 13.5. The highest BCUT2D eigenvalue weighted by molar-refractivity contribution is 5.78. The molecule has 3 unspecified atom stereocenters. The molecule has 1 aromatic carbocycles. The van der Waals surface area contributed by atoms with Crippen LogP contribution in [0.3, 0.4) is 0 Å². The van der Waals surface area contributed by atoms with Crippen molar-refractivity contribution in [1.29, 1.82) is 0 Å². The molecule has 22 heavy (non-hydrogen) atoms. The summed E-state index contributed by atoms with van der Waals surface area (Å²) in [6.45, 7) is 0. The number of aromatic nitrogens is 2. The van der Waals surface area contributed by atoms with Crippen molar-refractivity contribution in [3.05, 3.63) is 42.5 Å². The van der Waals surface area contributed by atoms with Crippen LogP contribution in [-0.2, 0) is 0 Å². The second-order valence-electron chi connectivity index (χ2n) is 6.02. The van der Waals surface area contributed by atoms with E-state index in [1.54, 1.807) is 24.5 Å². The minimum atomic E-state index is -0.280. The monoisotopic (exact) mass is 300 g/mol. The largest absolute Gasteiger partial charge is 0.342 e. The zero-order chi connectivity index (χ0) is 15.1. The molecule has 4 rings (SSSR count). The van der Waals surface area contributed by atoms with Crippen molar-refractivity contribution >= 4 is 6.03 Å². The van der Waals surface area contributed by atoms with Crippen LogP contribution in [0.1, 0.15) is 19.3 Å². The van der Waals surface area contributed by atoms with E-state index in [0.717, 1.165) is 24.0 Å². The van der Waals surface area contributed by atoms with Crippen molar-refractivity contribution in [2.24, 2.45) is 0 Å². The van der Waals surface area contributed by atoms with Gasteiger partial charge in [0.05, 0.1) is 6.20 Å². The molecule has 5 nitrogen and oxygen atoms in total. The number of amides is 1. The first-order valence-corrected chi connectivity index (χ1v) is 7.56. The number of nitrogens with zero attached hydrogens (tertiary/aromatic N) is 2. The Morgan fingerprint density at radius 3 is 2.77 bits per heavy atom. The zero-order valence-corrected chi connectivity index (χ0v) is 12.0. The topological polar surface area (TPSA) is 59.0 Å². The summed E-state index contributed by atoms with van der Waals surface area (Å²) in [6, 6.07) is 7.05. The predicted octanol–water partition coefficient (Wildman–Crippen LogP) is 2.14. The van der Waals surface area contributed by atoms with E-state index in [1.807, 2.05) is 0 Å². The maximum atomic E-state index is 12.9. The standard InChI is InChI=1S/C16H17FN4O/c17-12-3-1-10(2-4-12)11-8-18-21(9-11)16(22)20-15-7-13-5-6-14(15)19-13/h1-4,8-9,13-15,19H,5-7H2,(H,20,22). The average molecular weight is 300 g/mol. The van der Waals surface area contributed by atoms with Crippen molar-refractivity contribution in [3.63, 3.8) is 0 Å². The summed E-state index contributed by atoms with van der Waals surface area (Å²) < 4.78 is 14.3. The van der Waals surface area contributed by atoms with E-state index < -0.39 is 0 Å². The SMILES string of the molecule is O=C(NC1CC2CCC1N2)n1cc(-c2ccc(F)cc2)cn1. The van der Waals surface area contributed by atoms with Crippen LogP contribution in [0.25, 0.3) is 11.1 Å². The molecular formula is C16H17FN4O. The molecule has 2 N–H and O–H groups in total. The third-order valence-corrected chi connectivity index (χ3v) is 4.58. The Hall–Kier alpha value is -2.21. The highest BCUT2D eigenvalue weighted by Gasteiger charge is 2.39. The number of rotatable bonds is 2. The van der Waals surface area contributed by atoms with Crippen molar-refractivity contribution in [2.75, 3.05) is 0 Å². The van der Waals surface area contributed by atoms with Gasteiger partial charge in [-0.1, -0.05) is 12.1 Å². The molecule has 2 aromatic rings. The smallest absolute Gasteiger partial charge is 0.332 e. The van der Waals surface area contributed by atoms with Gasteiger partial charge in [0.2, 0.25) is 0 Å². The van der Waals surface area contributed by atoms with Gasteiger partial charge in [-0.15, -0.1) is 0 Å². The molecule has 0 radical (unpaired) electrons. The number of benzene rings is 1. The van der Waals surface area contributed by atoms with E-state index in [-0.39, 0.29) is 17.9 Å². The minimum Gasteiger partial charge on any atom is -0.332 e. The highest BCUT2D eigenvalue weighted by Crippen LogP contribution is 2.28. The van der Waals surface area contributed by atoms with Gasteiger partial charge < -0.3 is 10.6 Å². The van der Waals surface area contributed by atoms with Gasteiger partial charge in [0.1, 0.15) is 5.82 Å². The van der Waals surface area contributed by atoms with E-state index in [4.69, 9.17) is 0 Å². The first-order valence-electron chi connectivity index (χ1n) is 7.56. The van der Waals surface area contributed by atoms with Crippen LogP contribution in [0, 0.1) is 5.82 Å². The maximum Gasteiger partial charge on any atom is 0.342 e. The lowest BCUT2D eigenvalue weighted by Crippen LogP contribution is -2.44. The quantitative estimate of drug-likeness (QED) is 0.893. The fourth-order valence-corrected chi connectivity index (χ4v) is 3.43. The number of carbonyl (C=O) groups excluding carboxylic acids is 1. The average Bonchev–Trinajstić information content (AvgIpc) is 3.24. The maximum absolute atomic E-state index is 12.9. The summed E-state index contributed by atoms with van der Waals surface area (Å²) in [4.78, 5) is 12.3. The summed E-state index contributed by atoms with van der Waals surface area (Å²) in [6.07, 6.45) is 6.60. The van der Waals surface area contributed by atoms with Crippen LogP contribution in [0.15, 0.2) is 36.7 Å². The van der Waals surface area contributed by atoms with E-state index in [0.29, 0.717) is 12.1 Å². The summed E-state index contributed by atoms with van der Waals surface area (Å²) in [5.41, 5.74) is 1.63. The molecule has 1 aromatic heterocycles. The molecule has 2 bridgehead atoms. The summed E-state index contributed by atoms with van der Waals surface area (Å²) in [5.74, 6) is -0.280. The number of halogens is 1. The Bertz CT molecular complexity index is 696. The van der Waals surface area contributed by atoms with Gasteiger partial charge in [-0.2, -0.15) is 9.78 Å². The summed E-state index contributed by atoms with van der Waals surface area (Å²) >= 11 is 0. The Morgan fingerprint density at radius 1 is 1.27 bits per heavy atom. The molecule has 2 aliphatic rings. The molecule has 0 aliphatic carbocycles. The van der Waals surface area contributed by atoms with Crippen molar-refractivity contribution in [1.82, 2.24) is 20.4 Å². The van der Waals surface area contributed by atoms with Crippen LogP contribution < -0.4 is 10.6 Å². The second kappa shape index (κ2) is 5.21. The fraction of sp³-hybridized carbons (Fsp3) is 0.375. The van der Waals surface area contributed by atoms with Gasteiger partial charge in [-0.25, -0.2) is 9.18 Å². The van der Waals surface area contributed by atoms with Gasteiger partial charge >= 0.3 is 6.03 Å². The lowest BCUT2D eigenvalue weighted by Gasteiger charge is -2.21. The normalized spacial score (nSPS) is 26.3. The van der Waals surface area contributed by atoms with Gasteiger partial charge in [0.25, 0.3) is 0 Å². The third-order valence-electron chi connectivity index (χ3n) is 4.58. The number of hydrogen-bond donors (Lipinski definition) is 2. The molecule has 2 aliphatic heterocycles. The molecule has 2 saturated heterocycles. The van der Waals surface area contributed by atoms with Gasteiger partial charge in [-0.3, -0.25) is 0 Å². The molecular weight excluding hydrogens is 283 g/mol. The summed E-state index contributed by atoms with van der Waals surface area (Å²) in [7, 11) is 0. The molecule has 3 heterocycles. The van der Waals surface area contributed by atoms with Crippen molar-refractivity contribution in [3.8, 4) is 11.1 Å². The Kier molecular flexibility index (Phi) is 3.18. The van der Waals surface area contributed by atoms with Crippen LogP contribution in [0.5, 0.6) is 0 Å². The van der Waals surface area contributed by atoms with Crippen molar-refractivity contribution in [2.45, 2.75) is 37.4 Å². The van der Waals surface area contributed by atoms with Crippen LogP contribution >= 0.6 is 0 Å². The Morgan fingerprint density at radius 2 is 2.09 bits per heavy atom. The number of nitrogens with one attached hydrogen (secondary N) is 2. The minimum absolute atomic E-state index is 0.185. The lowest BCUT2D eigenvalue weighted by atomic mass is 9.96. The summed E-state index contributed by atoms with van der Waals surface area (Å²) in [5, 5.41) is 10.6. The second-order valence-corrected chi connectivity index (χ2v) is 6.02. The van der Waals surface area contributed by atoms with Gasteiger partial charge in [-0.05, 0) is 37.0 Å². The lowest BCUT2D eigenvalue weighted by molar-refractivity contribution is 0.233. The van der Waals surface area contributed by atoms with Crippen LogP contribution in [0.4, 0.5) is 9.18 Å². The molecule has 0 saturated carbocycles. The van der Waals surface area contributed by atoms with Crippen LogP contribution in [0.2, 0.25) is 0 Å². The molecule has 6 heteroatoms. The van der Waals surface area contributed by atoms with E-state index in [2.05, 4.69) is 15.7 Å². The molecule has 114 valence electrons. The van der Waals surface area contributed by atoms with Crippen LogP contribution in [-0.4, -0.2) is 33.9 Å². The van der Waals surface area contributed by atoms with Gasteiger partial charge in [0, 0.05) is 29.9 Å². The highest BCUT2D eigenvalue weighted by atomic mass is 19.1. The van der Waals surface area contributed by atoms with E-state index >= 15 is 0 Å².